The molecule has 0 bridgehead atoms. The SMILES string of the molecule is COc1ccc(C(C)=O)cc1CSCC(=O)N[C@H]1CCSc2ccc(F)cc21. The van der Waals surface area contributed by atoms with E-state index in [1.54, 1.807) is 37.1 Å². The van der Waals surface area contributed by atoms with E-state index < -0.39 is 0 Å². The molecule has 0 aromatic heterocycles. The summed E-state index contributed by atoms with van der Waals surface area (Å²) in [5.41, 5.74) is 2.36. The van der Waals surface area contributed by atoms with Gasteiger partial charge < -0.3 is 10.1 Å². The number of methoxy groups -OCH3 is 1. The number of halogens is 1. The number of ether oxygens (including phenoxy) is 1. The number of thioether (sulfide) groups is 2. The van der Waals surface area contributed by atoms with E-state index in [1.807, 2.05) is 6.07 Å². The minimum absolute atomic E-state index is 0.00675. The van der Waals surface area contributed by atoms with Crippen molar-refractivity contribution in [1.82, 2.24) is 5.32 Å². The van der Waals surface area contributed by atoms with Gasteiger partial charge in [0.25, 0.3) is 0 Å². The summed E-state index contributed by atoms with van der Waals surface area (Å²) in [6.07, 6.45) is 0.784. The van der Waals surface area contributed by atoms with Crippen LogP contribution in [0.4, 0.5) is 4.39 Å². The summed E-state index contributed by atoms with van der Waals surface area (Å²) in [5, 5.41) is 3.02. The molecule has 0 fully saturated rings. The van der Waals surface area contributed by atoms with Crippen molar-refractivity contribution in [3.8, 4) is 5.75 Å². The van der Waals surface area contributed by atoms with Gasteiger partial charge in [0.05, 0.1) is 18.9 Å². The highest BCUT2D eigenvalue weighted by molar-refractivity contribution is 7.99. The van der Waals surface area contributed by atoms with Crippen LogP contribution in [0.15, 0.2) is 41.3 Å². The van der Waals surface area contributed by atoms with Gasteiger partial charge in [-0.2, -0.15) is 0 Å². The second-order valence-electron chi connectivity index (χ2n) is 6.51. The van der Waals surface area contributed by atoms with Gasteiger partial charge in [0.1, 0.15) is 11.6 Å². The van der Waals surface area contributed by atoms with Crippen LogP contribution in [0.25, 0.3) is 0 Å². The van der Waals surface area contributed by atoms with Crippen molar-refractivity contribution in [2.75, 3.05) is 18.6 Å². The molecule has 1 aliphatic rings. The molecule has 2 aromatic carbocycles. The summed E-state index contributed by atoms with van der Waals surface area (Å²) in [4.78, 5) is 25.0. The number of fused-ring (bicyclic) bond motifs is 1. The summed E-state index contributed by atoms with van der Waals surface area (Å²) in [5.74, 6) is 2.06. The minimum Gasteiger partial charge on any atom is -0.496 e. The van der Waals surface area contributed by atoms with E-state index in [2.05, 4.69) is 5.32 Å². The summed E-state index contributed by atoms with van der Waals surface area (Å²) >= 11 is 3.14. The molecule has 1 amide bonds. The fourth-order valence-corrected chi connectivity index (χ4v) is 5.04. The summed E-state index contributed by atoms with van der Waals surface area (Å²) in [6, 6.07) is 9.90. The lowest BCUT2D eigenvalue weighted by Crippen LogP contribution is -2.32. The van der Waals surface area contributed by atoms with Gasteiger partial charge in [0, 0.05) is 27.5 Å². The molecule has 1 atom stereocenters. The normalized spacial score (nSPS) is 15.6. The zero-order valence-electron chi connectivity index (χ0n) is 15.8. The lowest BCUT2D eigenvalue weighted by Gasteiger charge is -2.26. The molecule has 0 radical (unpaired) electrons. The van der Waals surface area contributed by atoms with Crippen molar-refractivity contribution in [3.05, 3.63) is 58.9 Å². The van der Waals surface area contributed by atoms with Gasteiger partial charge in [-0.3, -0.25) is 9.59 Å². The summed E-state index contributed by atoms with van der Waals surface area (Å²) in [7, 11) is 1.58. The van der Waals surface area contributed by atoms with Crippen LogP contribution in [0.3, 0.4) is 0 Å². The average molecular weight is 420 g/mol. The van der Waals surface area contributed by atoms with Gasteiger partial charge in [-0.15, -0.1) is 23.5 Å². The Morgan fingerprint density at radius 2 is 2.11 bits per heavy atom. The monoisotopic (exact) mass is 419 g/mol. The largest absolute Gasteiger partial charge is 0.496 e. The lowest BCUT2D eigenvalue weighted by molar-refractivity contribution is -0.119. The van der Waals surface area contributed by atoms with Gasteiger partial charge in [0.15, 0.2) is 5.78 Å². The number of hydrogen-bond donors (Lipinski definition) is 1. The van der Waals surface area contributed by atoms with Crippen molar-refractivity contribution in [2.24, 2.45) is 0 Å². The predicted molar refractivity (Wildman–Crippen MR) is 112 cm³/mol. The number of Topliss-reactive ketones (excluding diaryl/α,β-unsaturated/α-hetero) is 1. The first-order valence-corrected chi connectivity index (χ1v) is 11.1. The number of carbonyl (C=O) groups is 2. The zero-order valence-corrected chi connectivity index (χ0v) is 17.4. The number of hydrogen-bond acceptors (Lipinski definition) is 5. The molecule has 0 spiro atoms. The molecular formula is C21H22FNO3S2. The third-order valence-corrected chi connectivity index (χ3v) is 6.63. The number of ketones is 1. The molecule has 0 saturated carbocycles. The molecule has 7 heteroatoms. The highest BCUT2D eigenvalue weighted by atomic mass is 32.2. The van der Waals surface area contributed by atoms with E-state index in [1.165, 1.54) is 30.8 Å². The summed E-state index contributed by atoms with van der Waals surface area (Å²) < 4.78 is 18.9. The van der Waals surface area contributed by atoms with Gasteiger partial charge in [0.2, 0.25) is 5.91 Å². The van der Waals surface area contributed by atoms with Crippen molar-refractivity contribution in [2.45, 2.75) is 30.0 Å². The standard InChI is InChI=1S/C21H22FNO3S2/c1-13(24)14-3-5-19(26-2)15(9-14)11-27-12-21(25)23-18-7-8-28-20-6-4-16(22)10-17(18)20/h3-6,9-10,18H,7-8,11-12H2,1-2H3,(H,23,25)/t18-/m0/s1. The molecule has 1 heterocycles. The van der Waals surface area contributed by atoms with Crippen molar-refractivity contribution < 1.29 is 18.7 Å². The highest BCUT2D eigenvalue weighted by Gasteiger charge is 2.23. The van der Waals surface area contributed by atoms with Gasteiger partial charge in [-0.1, -0.05) is 0 Å². The topological polar surface area (TPSA) is 55.4 Å². The van der Waals surface area contributed by atoms with E-state index in [0.717, 1.165) is 28.2 Å². The average Bonchev–Trinajstić information content (AvgIpc) is 2.68. The first kappa shape index (κ1) is 20.7. The molecule has 148 valence electrons. The van der Waals surface area contributed by atoms with Crippen molar-refractivity contribution in [3.63, 3.8) is 0 Å². The Morgan fingerprint density at radius 1 is 1.29 bits per heavy atom. The third kappa shape index (κ3) is 5.08. The van der Waals surface area contributed by atoms with Crippen LogP contribution in [0, 0.1) is 5.82 Å². The second-order valence-corrected chi connectivity index (χ2v) is 8.64. The number of benzene rings is 2. The van der Waals surface area contributed by atoms with E-state index in [0.29, 0.717) is 17.1 Å². The second kappa shape index (κ2) is 9.47. The molecule has 3 rings (SSSR count). The van der Waals surface area contributed by atoms with Crippen LogP contribution in [-0.2, 0) is 10.5 Å². The molecule has 0 unspecified atom stereocenters. The van der Waals surface area contributed by atoms with E-state index in [9.17, 15) is 14.0 Å². The van der Waals surface area contributed by atoms with E-state index in [4.69, 9.17) is 4.74 Å². The zero-order chi connectivity index (χ0) is 20.1. The molecular weight excluding hydrogens is 397 g/mol. The quantitative estimate of drug-likeness (QED) is 0.664. The molecule has 1 aliphatic heterocycles. The lowest BCUT2D eigenvalue weighted by atomic mass is 10.0. The molecule has 1 N–H and O–H groups in total. The molecule has 0 saturated heterocycles. The van der Waals surface area contributed by atoms with Crippen LogP contribution < -0.4 is 10.1 Å². The fraction of sp³-hybridized carbons (Fsp3) is 0.333. The van der Waals surface area contributed by atoms with Crippen LogP contribution in [0.1, 0.15) is 40.9 Å². The third-order valence-electron chi connectivity index (χ3n) is 4.52. The van der Waals surface area contributed by atoms with Gasteiger partial charge >= 0.3 is 0 Å². The maximum absolute atomic E-state index is 13.6. The number of rotatable bonds is 7. The number of carbonyl (C=O) groups excluding carboxylic acids is 2. The number of nitrogens with one attached hydrogen (secondary N) is 1. The molecule has 0 aliphatic carbocycles. The maximum atomic E-state index is 13.6. The van der Waals surface area contributed by atoms with Crippen molar-refractivity contribution >= 4 is 35.2 Å². The fourth-order valence-electron chi connectivity index (χ4n) is 3.12. The Hall–Kier alpha value is -1.99. The Kier molecular flexibility index (Phi) is 7.02. The first-order valence-electron chi connectivity index (χ1n) is 8.95. The Labute approximate surface area is 172 Å². The molecule has 4 nitrogen and oxygen atoms in total. The van der Waals surface area contributed by atoms with Crippen LogP contribution in [0.5, 0.6) is 5.75 Å². The number of amides is 1. The first-order chi connectivity index (χ1) is 13.5. The maximum Gasteiger partial charge on any atom is 0.230 e. The molecule has 28 heavy (non-hydrogen) atoms. The van der Waals surface area contributed by atoms with Crippen LogP contribution >= 0.6 is 23.5 Å². The minimum atomic E-state index is -0.285. The van der Waals surface area contributed by atoms with Gasteiger partial charge in [-0.05, 0) is 55.3 Å². The van der Waals surface area contributed by atoms with Crippen LogP contribution in [0.2, 0.25) is 0 Å². The smallest absolute Gasteiger partial charge is 0.230 e. The highest BCUT2D eigenvalue weighted by Crippen LogP contribution is 2.36. The molecule has 2 aromatic rings. The Bertz CT molecular complexity index is 888. The van der Waals surface area contributed by atoms with E-state index >= 15 is 0 Å². The Balaban J connectivity index is 1.58. The van der Waals surface area contributed by atoms with E-state index in [-0.39, 0.29) is 29.3 Å². The van der Waals surface area contributed by atoms with Crippen LogP contribution in [-0.4, -0.2) is 30.3 Å². The van der Waals surface area contributed by atoms with Gasteiger partial charge in [-0.25, -0.2) is 4.39 Å². The Morgan fingerprint density at radius 3 is 2.86 bits per heavy atom. The summed E-state index contributed by atoms with van der Waals surface area (Å²) in [6.45, 7) is 1.52. The van der Waals surface area contributed by atoms with Crippen molar-refractivity contribution in [1.29, 1.82) is 0 Å². The predicted octanol–water partition coefficient (Wildman–Crippen LogP) is 4.62.